The van der Waals surface area contributed by atoms with Crippen molar-refractivity contribution in [3.8, 4) is 0 Å². The zero-order chi connectivity index (χ0) is 18.1. The molecule has 1 atom stereocenters. The lowest BCUT2D eigenvalue weighted by atomic mass is 10.2. The van der Waals surface area contributed by atoms with Gasteiger partial charge in [0.1, 0.15) is 17.5 Å². The standard InChI is InChI=1S/C19H22FN5O/c1-2-17-21-8-11-24(17)10-7-18(26)25-9-3-4-16(25)19-22-14-6-5-13(20)12-15(14)23-19/h5-6,8,11-12,16H,2-4,7,9-10H2,1H3,(H,22,23). The molecule has 136 valence electrons. The number of likely N-dealkylation sites (tertiary alicyclic amines) is 1. The number of aryl methyl sites for hydroxylation is 2. The third-order valence-electron chi connectivity index (χ3n) is 5.04. The maximum atomic E-state index is 13.4. The van der Waals surface area contributed by atoms with Crippen molar-refractivity contribution in [1.29, 1.82) is 0 Å². The van der Waals surface area contributed by atoms with E-state index in [0.717, 1.165) is 43.0 Å². The predicted octanol–water partition coefficient (Wildman–Crippen LogP) is 3.21. The first-order chi connectivity index (χ1) is 12.7. The van der Waals surface area contributed by atoms with Crippen molar-refractivity contribution in [1.82, 2.24) is 24.4 Å². The predicted molar refractivity (Wildman–Crippen MR) is 96.0 cm³/mol. The van der Waals surface area contributed by atoms with Gasteiger partial charge in [0.15, 0.2) is 0 Å². The Labute approximate surface area is 151 Å². The van der Waals surface area contributed by atoms with Crippen LogP contribution in [0.15, 0.2) is 30.6 Å². The number of benzene rings is 1. The molecule has 1 amide bonds. The first-order valence-electron chi connectivity index (χ1n) is 9.10. The van der Waals surface area contributed by atoms with Gasteiger partial charge in [0.25, 0.3) is 0 Å². The van der Waals surface area contributed by atoms with Crippen LogP contribution >= 0.6 is 0 Å². The van der Waals surface area contributed by atoms with Crippen molar-refractivity contribution in [3.63, 3.8) is 0 Å². The molecule has 1 aliphatic rings. The zero-order valence-electron chi connectivity index (χ0n) is 14.8. The minimum Gasteiger partial charge on any atom is -0.340 e. The van der Waals surface area contributed by atoms with E-state index in [0.29, 0.717) is 18.5 Å². The normalized spacial score (nSPS) is 17.3. The Kier molecular flexibility index (Phi) is 4.44. The summed E-state index contributed by atoms with van der Waals surface area (Å²) in [4.78, 5) is 26.7. The van der Waals surface area contributed by atoms with Crippen LogP contribution in [0.2, 0.25) is 0 Å². The van der Waals surface area contributed by atoms with Crippen LogP contribution in [0.1, 0.15) is 43.9 Å². The molecule has 0 spiro atoms. The monoisotopic (exact) mass is 355 g/mol. The molecule has 1 unspecified atom stereocenters. The van der Waals surface area contributed by atoms with Gasteiger partial charge in [-0.15, -0.1) is 0 Å². The fourth-order valence-corrected chi connectivity index (χ4v) is 3.73. The molecular weight excluding hydrogens is 333 g/mol. The Morgan fingerprint density at radius 3 is 3.15 bits per heavy atom. The second-order valence-electron chi connectivity index (χ2n) is 6.67. The number of halogens is 1. The van der Waals surface area contributed by atoms with Crippen LogP contribution in [-0.2, 0) is 17.8 Å². The lowest BCUT2D eigenvalue weighted by Gasteiger charge is -2.23. The van der Waals surface area contributed by atoms with Gasteiger partial charge in [0.2, 0.25) is 5.91 Å². The molecule has 1 saturated heterocycles. The molecule has 0 bridgehead atoms. The van der Waals surface area contributed by atoms with Crippen molar-refractivity contribution in [2.75, 3.05) is 6.54 Å². The highest BCUT2D eigenvalue weighted by atomic mass is 19.1. The van der Waals surface area contributed by atoms with E-state index in [1.165, 1.54) is 12.1 Å². The molecule has 3 aromatic rings. The van der Waals surface area contributed by atoms with E-state index in [-0.39, 0.29) is 17.8 Å². The number of aromatic nitrogens is 4. The van der Waals surface area contributed by atoms with E-state index in [4.69, 9.17) is 0 Å². The molecule has 4 rings (SSSR count). The van der Waals surface area contributed by atoms with Crippen LogP contribution < -0.4 is 0 Å². The van der Waals surface area contributed by atoms with E-state index in [2.05, 4.69) is 21.9 Å². The van der Waals surface area contributed by atoms with Gasteiger partial charge in [0, 0.05) is 38.3 Å². The fourth-order valence-electron chi connectivity index (χ4n) is 3.73. The van der Waals surface area contributed by atoms with Gasteiger partial charge in [-0.25, -0.2) is 14.4 Å². The number of hydrogen-bond donors (Lipinski definition) is 1. The molecule has 1 fully saturated rings. The molecular formula is C19H22FN5O. The minimum absolute atomic E-state index is 0.0635. The van der Waals surface area contributed by atoms with Crippen molar-refractivity contribution < 1.29 is 9.18 Å². The number of carbonyl (C=O) groups excluding carboxylic acids is 1. The van der Waals surface area contributed by atoms with Crippen molar-refractivity contribution in [2.24, 2.45) is 0 Å². The topological polar surface area (TPSA) is 66.8 Å². The third kappa shape index (κ3) is 3.09. The van der Waals surface area contributed by atoms with E-state index in [1.807, 2.05) is 15.7 Å². The number of aromatic amines is 1. The number of fused-ring (bicyclic) bond motifs is 1. The molecule has 7 heteroatoms. The van der Waals surface area contributed by atoms with E-state index < -0.39 is 0 Å². The molecule has 1 aliphatic heterocycles. The smallest absolute Gasteiger partial charge is 0.224 e. The number of nitrogens with zero attached hydrogens (tertiary/aromatic N) is 4. The van der Waals surface area contributed by atoms with Gasteiger partial charge >= 0.3 is 0 Å². The Morgan fingerprint density at radius 2 is 2.31 bits per heavy atom. The van der Waals surface area contributed by atoms with Gasteiger partial charge in [0.05, 0.1) is 17.1 Å². The van der Waals surface area contributed by atoms with Crippen LogP contribution in [-0.4, -0.2) is 36.9 Å². The average molecular weight is 355 g/mol. The second-order valence-corrected chi connectivity index (χ2v) is 6.67. The van der Waals surface area contributed by atoms with E-state index in [1.54, 1.807) is 12.3 Å². The summed E-state index contributed by atoms with van der Waals surface area (Å²) in [6.07, 6.45) is 6.81. The van der Waals surface area contributed by atoms with Crippen LogP contribution in [0.4, 0.5) is 4.39 Å². The summed E-state index contributed by atoms with van der Waals surface area (Å²) in [5.74, 6) is 1.57. The van der Waals surface area contributed by atoms with Crippen LogP contribution in [0.3, 0.4) is 0 Å². The van der Waals surface area contributed by atoms with Crippen LogP contribution in [0, 0.1) is 5.82 Å². The highest BCUT2D eigenvalue weighted by Crippen LogP contribution is 2.32. The van der Waals surface area contributed by atoms with Crippen molar-refractivity contribution >= 4 is 16.9 Å². The molecule has 0 radical (unpaired) electrons. The number of H-pyrrole nitrogens is 1. The van der Waals surface area contributed by atoms with Gasteiger partial charge in [-0.05, 0) is 31.0 Å². The number of imidazole rings is 2. The summed E-state index contributed by atoms with van der Waals surface area (Å²) < 4.78 is 15.4. The maximum Gasteiger partial charge on any atom is 0.224 e. The Morgan fingerprint density at radius 1 is 1.42 bits per heavy atom. The number of nitrogens with one attached hydrogen (secondary N) is 1. The second kappa shape index (κ2) is 6.90. The molecule has 3 heterocycles. The zero-order valence-corrected chi connectivity index (χ0v) is 14.8. The Balaban J connectivity index is 1.49. The van der Waals surface area contributed by atoms with Crippen molar-refractivity contribution in [3.05, 3.63) is 48.1 Å². The highest BCUT2D eigenvalue weighted by molar-refractivity contribution is 5.78. The number of rotatable bonds is 5. The van der Waals surface area contributed by atoms with Crippen LogP contribution in [0.25, 0.3) is 11.0 Å². The minimum atomic E-state index is -0.292. The lowest BCUT2D eigenvalue weighted by Crippen LogP contribution is -2.31. The quantitative estimate of drug-likeness (QED) is 0.764. The molecule has 2 aromatic heterocycles. The molecule has 1 N–H and O–H groups in total. The van der Waals surface area contributed by atoms with Crippen LogP contribution in [0.5, 0.6) is 0 Å². The Bertz CT molecular complexity index is 931. The Hall–Kier alpha value is -2.70. The van der Waals surface area contributed by atoms with E-state index >= 15 is 0 Å². The lowest BCUT2D eigenvalue weighted by molar-refractivity contribution is -0.132. The van der Waals surface area contributed by atoms with Gasteiger partial charge in [-0.2, -0.15) is 0 Å². The summed E-state index contributed by atoms with van der Waals surface area (Å²) >= 11 is 0. The van der Waals surface area contributed by atoms with Gasteiger partial charge in [-0.3, -0.25) is 4.79 Å². The highest BCUT2D eigenvalue weighted by Gasteiger charge is 2.31. The number of hydrogen-bond acceptors (Lipinski definition) is 3. The van der Waals surface area contributed by atoms with Gasteiger partial charge < -0.3 is 14.5 Å². The average Bonchev–Trinajstić information content (AvgIpc) is 3.36. The largest absolute Gasteiger partial charge is 0.340 e. The SMILES string of the molecule is CCc1nccn1CCC(=O)N1CCCC1c1nc2ccc(F)cc2[nH]1. The number of carbonyl (C=O) groups is 1. The molecule has 6 nitrogen and oxygen atoms in total. The molecule has 0 aliphatic carbocycles. The molecule has 0 saturated carbocycles. The third-order valence-corrected chi connectivity index (χ3v) is 5.04. The van der Waals surface area contributed by atoms with Crippen molar-refractivity contribution in [2.45, 2.75) is 45.2 Å². The number of amides is 1. The first kappa shape index (κ1) is 16.8. The first-order valence-corrected chi connectivity index (χ1v) is 9.10. The molecule has 26 heavy (non-hydrogen) atoms. The summed E-state index contributed by atoms with van der Waals surface area (Å²) in [7, 11) is 0. The fraction of sp³-hybridized carbons (Fsp3) is 0.421. The summed E-state index contributed by atoms with van der Waals surface area (Å²) in [5.41, 5.74) is 1.40. The maximum absolute atomic E-state index is 13.4. The van der Waals surface area contributed by atoms with E-state index in [9.17, 15) is 9.18 Å². The molecule has 1 aromatic carbocycles. The summed E-state index contributed by atoms with van der Waals surface area (Å²) in [6, 6.07) is 4.45. The van der Waals surface area contributed by atoms with Gasteiger partial charge in [-0.1, -0.05) is 6.92 Å². The summed E-state index contributed by atoms with van der Waals surface area (Å²) in [6.45, 7) is 3.43. The summed E-state index contributed by atoms with van der Waals surface area (Å²) in [5, 5.41) is 0.